The molecule has 3 heteroatoms. The Kier molecular flexibility index (Phi) is 2.97. The molecule has 1 rings (SSSR count). The van der Waals surface area contributed by atoms with Crippen LogP contribution in [0.2, 0.25) is 0 Å². The van der Waals surface area contributed by atoms with E-state index >= 15 is 0 Å². The maximum absolute atomic E-state index is 10.4. The number of carboxylic acids is 1. The SMILES string of the molecule is O=Cc1cccc(C=CC(=O)O)c1. The molecule has 0 atom stereocenters. The van der Waals surface area contributed by atoms with E-state index in [9.17, 15) is 9.59 Å². The first-order valence-corrected chi connectivity index (χ1v) is 3.68. The molecule has 0 radical (unpaired) electrons. The number of hydrogen-bond acceptors (Lipinski definition) is 2. The highest BCUT2D eigenvalue weighted by molar-refractivity contribution is 5.86. The van der Waals surface area contributed by atoms with E-state index in [1.54, 1.807) is 24.3 Å². The van der Waals surface area contributed by atoms with Crippen molar-refractivity contribution in [1.82, 2.24) is 0 Å². The molecule has 0 bridgehead atoms. The van der Waals surface area contributed by atoms with Crippen LogP contribution >= 0.6 is 0 Å². The number of benzene rings is 1. The van der Waals surface area contributed by atoms with Crippen molar-refractivity contribution in [3.8, 4) is 0 Å². The Morgan fingerprint density at radius 3 is 2.62 bits per heavy atom. The lowest BCUT2D eigenvalue weighted by atomic mass is 10.1. The Balaban J connectivity index is 2.89. The number of carbonyl (C=O) groups is 2. The van der Waals surface area contributed by atoms with Crippen LogP contribution in [0.5, 0.6) is 0 Å². The molecule has 13 heavy (non-hydrogen) atoms. The first kappa shape index (κ1) is 9.19. The molecule has 0 fully saturated rings. The lowest BCUT2D eigenvalue weighted by molar-refractivity contribution is -0.131. The third-order valence-corrected chi connectivity index (χ3v) is 1.47. The molecule has 3 nitrogen and oxygen atoms in total. The summed E-state index contributed by atoms with van der Waals surface area (Å²) in [5.41, 5.74) is 1.24. The molecule has 0 aliphatic carbocycles. The quantitative estimate of drug-likeness (QED) is 0.562. The zero-order chi connectivity index (χ0) is 9.68. The molecule has 1 N–H and O–H groups in total. The molecule has 0 saturated heterocycles. The van der Waals surface area contributed by atoms with Crippen LogP contribution in [0, 0.1) is 0 Å². The molecule has 0 aliphatic rings. The highest BCUT2D eigenvalue weighted by Crippen LogP contribution is 2.04. The summed E-state index contributed by atoms with van der Waals surface area (Å²) in [5.74, 6) is -1.00. The van der Waals surface area contributed by atoms with Crippen molar-refractivity contribution in [3.63, 3.8) is 0 Å². The van der Waals surface area contributed by atoms with Crippen LogP contribution in [-0.4, -0.2) is 17.4 Å². The van der Waals surface area contributed by atoms with E-state index < -0.39 is 5.97 Å². The van der Waals surface area contributed by atoms with Gasteiger partial charge in [-0.25, -0.2) is 4.79 Å². The maximum Gasteiger partial charge on any atom is 0.328 e. The van der Waals surface area contributed by atoms with Crippen LogP contribution in [0.1, 0.15) is 15.9 Å². The zero-order valence-corrected chi connectivity index (χ0v) is 6.81. The standard InChI is InChI=1S/C10H8O3/c11-7-9-3-1-2-8(6-9)4-5-10(12)13/h1-7H,(H,12,13). The molecule has 0 spiro atoms. The first-order valence-electron chi connectivity index (χ1n) is 3.68. The molecule has 0 heterocycles. The lowest BCUT2D eigenvalue weighted by Crippen LogP contribution is -1.86. The molecule has 1 aromatic rings. The Labute approximate surface area is 75.3 Å². The predicted octanol–water partition coefficient (Wildman–Crippen LogP) is 1.60. The second kappa shape index (κ2) is 4.21. The smallest absolute Gasteiger partial charge is 0.328 e. The summed E-state index contributed by atoms with van der Waals surface area (Å²) in [5, 5.41) is 8.34. The van der Waals surface area contributed by atoms with Crippen molar-refractivity contribution >= 4 is 18.3 Å². The van der Waals surface area contributed by atoms with E-state index in [0.717, 1.165) is 12.4 Å². The summed E-state index contributed by atoms with van der Waals surface area (Å²) in [7, 11) is 0. The van der Waals surface area contributed by atoms with Gasteiger partial charge >= 0.3 is 5.97 Å². The van der Waals surface area contributed by atoms with Gasteiger partial charge in [0.2, 0.25) is 0 Å². The largest absolute Gasteiger partial charge is 0.478 e. The van der Waals surface area contributed by atoms with Gasteiger partial charge in [0.1, 0.15) is 6.29 Å². The molecule has 0 aromatic heterocycles. The average molecular weight is 176 g/mol. The fourth-order valence-electron chi connectivity index (χ4n) is 0.903. The van der Waals surface area contributed by atoms with Gasteiger partial charge in [-0.2, -0.15) is 0 Å². The number of carboxylic acid groups (broad SMARTS) is 1. The van der Waals surface area contributed by atoms with Crippen molar-refractivity contribution < 1.29 is 14.7 Å². The third kappa shape index (κ3) is 2.91. The van der Waals surface area contributed by atoms with Gasteiger partial charge in [-0.05, 0) is 17.7 Å². The minimum atomic E-state index is -1.00. The van der Waals surface area contributed by atoms with E-state index in [1.165, 1.54) is 6.08 Å². The Morgan fingerprint density at radius 1 is 1.31 bits per heavy atom. The van der Waals surface area contributed by atoms with Gasteiger partial charge in [0.05, 0.1) is 0 Å². The summed E-state index contributed by atoms with van der Waals surface area (Å²) < 4.78 is 0. The number of rotatable bonds is 3. The van der Waals surface area contributed by atoms with Gasteiger partial charge in [0.15, 0.2) is 0 Å². The third-order valence-electron chi connectivity index (χ3n) is 1.47. The maximum atomic E-state index is 10.4. The number of hydrogen-bond donors (Lipinski definition) is 1. The lowest BCUT2D eigenvalue weighted by Gasteiger charge is -1.92. The predicted molar refractivity (Wildman–Crippen MR) is 48.5 cm³/mol. The monoisotopic (exact) mass is 176 g/mol. The zero-order valence-electron chi connectivity index (χ0n) is 6.81. The van der Waals surface area contributed by atoms with E-state index in [2.05, 4.69) is 0 Å². The molecular weight excluding hydrogens is 168 g/mol. The van der Waals surface area contributed by atoms with Crippen LogP contribution in [0.15, 0.2) is 30.3 Å². The van der Waals surface area contributed by atoms with Crippen LogP contribution in [-0.2, 0) is 4.79 Å². The second-order valence-corrected chi connectivity index (χ2v) is 2.46. The molecule has 0 amide bonds. The highest BCUT2D eigenvalue weighted by atomic mass is 16.4. The molecular formula is C10H8O3. The van der Waals surface area contributed by atoms with E-state index in [-0.39, 0.29) is 0 Å². The molecule has 0 aliphatic heterocycles. The van der Waals surface area contributed by atoms with Crippen molar-refractivity contribution in [2.45, 2.75) is 0 Å². The van der Waals surface area contributed by atoms with Crippen molar-refractivity contribution in [1.29, 1.82) is 0 Å². The van der Waals surface area contributed by atoms with E-state index in [4.69, 9.17) is 5.11 Å². The van der Waals surface area contributed by atoms with Gasteiger partial charge in [0.25, 0.3) is 0 Å². The fourth-order valence-corrected chi connectivity index (χ4v) is 0.903. The summed E-state index contributed by atoms with van der Waals surface area (Å²) in [6.07, 6.45) is 3.19. The summed E-state index contributed by atoms with van der Waals surface area (Å²) in [6.45, 7) is 0. The van der Waals surface area contributed by atoms with Crippen LogP contribution < -0.4 is 0 Å². The molecule has 1 aromatic carbocycles. The molecule has 0 unspecified atom stereocenters. The van der Waals surface area contributed by atoms with Crippen molar-refractivity contribution in [2.75, 3.05) is 0 Å². The summed E-state index contributed by atoms with van der Waals surface area (Å²) in [4.78, 5) is 20.5. The van der Waals surface area contributed by atoms with E-state index in [0.29, 0.717) is 11.1 Å². The van der Waals surface area contributed by atoms with E-state index in [1.807, 2.05) is 0 Å². The second-order valence-electron chi connectivity index (χ2n) is 2.46. The van der Waals surface area contributed by atoms with Crippen LogP contribution in [0.3, 0.4) is 0 Å². The molecule has 0 saturated carbocycles. The van der Waals surface area contributed by atoms with Crippen LogP contribution in [0.25, 0.3) is 6.08 Å². The van der Waals surface area contributed by atoms with Crippen molar-refractivity contribution in [2.24, 2.45) is 0 Å². The van der Waals surface area contributed by atoms with Gasteiger partial charge in [0, 0.05) is 11.6 Å². The minimum absolute atomic E-state index is 0.535. The van der Waals surface area contributed by atoms with Gasteiger partial charge < -0.3 is 5.11 Å². The topological polar surface area (TPSA) is 54.4 Å². The average Bonchev–Trinajstić information content (AvgIpc) is 2.15. The normalized spacial score (nSPS) is 10.2. The first-order chi connectivity index (χ1) is 6.22. The van der Waals surface area contributed by atoms with Crippen LogP contribution in [0.4, 0.5) is 0 Å². The van der Waals surface area contributed by atoms with Gasteiger partial charge in [-0.3, -0.25) is 4.79 Å². The Hall–Kier alpha value is -1.90. The number of aldehydes is 1. The fraction of sp³-hybridized carbons (Fsp3) is 0. The molecule has 66 valence electrons. The highest BCUT2D eigenvalue weighted by Gasteiger charge is 1.91. The summed E-state index contributed by atoms with van der Waals surface area (Å²) in [6, 6.07) is 6.70. The van der Waals surface area contributed by atoms with Gasteiger partial charge in [-0.15, -0.1) is 0 Å². The number of aliphatic carboxylic acids is 1. The minimum Gasteiger partial charge on any atom is -0.478 e. The van der Waals surface area contributed by atoms with Crippen molar-refractivity contribution in [3.05, 3.63) is 41.5 Å². The summed E-state index contributed by atoms with van der Waals surface area (Å²) >= 11 is 0. The number of carbonyl (C=O) groups excluding carboxylic acids is 1. The Bertz CT molecular complexity index is 353. The Morgan fingerprint density at radius 2 is 2.00 bits per heavy atom. The van der Waals surface area contributed by atoms with Gasteiger partial charge in [-0.1, -0.05) is 18.2 Å².